The van der Waals surface area contributed by atoms with E-state index in [-0.39, 0.29) is 24.2 Å². The summed E-state index contributed by atoms with van der Waals surface area (Å²) in [6, 6.07) is 11.9. The van der Waals surface area contributed by atoms with Gasteiger partial charge in [-0.15, -0.1) is 0 Å². The van der Waals surface area contributed by atoms with Gasteiger partial charge in [0, 0.05) is 26.1 Å². The fourth-order valence-corrected chi connectivity index (χ4v) is 3.73. The minimum atomic E-state index is -0.962. The average Bonchev–Trinajstić information content (AvgIpc) is 2.80. The summed E-state index contributed by atoms with van der Waals surface area (Å²) in [6.45, 7) is 1.21. The van der Waals surface area contributed by atoms with Crippen LogP contribution in [-0.4, -0.2) is 47.7 Å². The fourth-order valence-electron chi connectivity index (χ4n) is 3.73. The molecule has 2 heterocycles. The molecule has 0 aromatic heterocycles. The lowest BCUT2D eigenvalue weighted by atomic mass is 10.1. The summed E-state index contributed by atoms with van der Waals surface area (Å²) < 4.78 is 13.3. The van der Waals surface area contributed by atoms with Crippen molar-refractivity contribution in [1.29, 1.82) is 0 Å². The Bertz CT molecular complexity index is 960. The summed E-state index contributed by atoms with van der Waals surface area (Å²) in [5.41, 5.74) is 3.27. The van der Waals surface area contributed by atoms with Crippen LogP contribution in [-0.2, 0) is 4.79 Å². The summed E-state index contributed by atoms with van der Waals surface area (Å²) in [6.07, 6.45) is 3.01. The Morgan fingerprint density at radius 2 is 1.93 bits per heavy atom. The van der Waals surface area contributed by atoms with Crippen LogP contribution in [0.2, 0.25) is 0 Å². The molecule has 2 aromatic rings. The van der Waals surface area contributed by atoms with Crippen LogP contribution in [0.1, 0.15) is 17.5 Å². The molecule has 1 atom stereocenters. The van der Waals surface area contributed by atoms with E-state index in [0.717, 1.165) is 22.5 Å². The molecule has 144 valence electrons. The average molecular weight is 381 g/mol. The Morgan fingerprint density at radius 1 is 1.14 bits per heavy atom. The van der Waals surface area contributed by atoms with Crippen LogP contribution < -0.4 is 10.2 Å². The lowest BCUT2D eigenvalue weighted by molar-refractivity contribution is -0.116. The Hall–Kier alpha value is -3.35. The van der Waals surface area contributed by atoms with Crippen LogP contribution in [0.4, 0.5) is 20.6 Å². The number of anilines is 2. The molecule has 7 heteroatoms. The van der Waals surface area contributed by atoms with E-state index in [1.54, 1.807) is 6.07 Å². The Balaban J connectivity index is 1.63. The van der Waals surface area contributed by atoms with E-state index in [2.05, 4.69) is 10.2 Å². The zero-order chi connectivity index (χ0) is 19.7. The molecular weight excluding hydrogens is 361 g/mol. The van der Waals surface area contributed by atoms with Crippen LogP contribution in [0.25, 0.3) is 12.2 Å². The first-order chi connectivity index (χ1) is 13.5. The van der Waals surface area contributed by atoms with Crippen molar-refractivity contribution in [2.24, 2.45) is 0 Å². The van der Waals surface area contributed by atoms with Gasteiger partial charge in [-0.25, -0.2) is 9.18 Å². The molecule has 2 aliphatic rings. The maximum absolute atomic E-state index is 13.3. The zero-order valence-corrected chi connectivity index (χ0v) is 15.1. The van der Waals surface area contributed by atoms with Gasteiger partial charge in [0.15, 0.2) is 0 Å². The number of nitrogens with zero attached hydrogens (tertiary/aromatic N) is 2. The van der Waals surface area contributed by atoms with Gasteiger partial charge in [0.2, 0.25) is 5.91 Å². The van der Waals surface area contributed by atoms with E-state index in [9.17, 15) is 19.1 Å². The topological polar surface area (TPSA) is 72.9 Å². The molecule has 6 nitrogen and oxygen atoms in total. The molecule has 2 aromatic carbocycles. The van der Waals surface area contributed by atoms with Crippen molar-refractivity contribution in [3.8, 4) is 0 Å². The van der Waals surface area contributed by atoms with Gasteiger partial charge >= 0.3 is 6.09 Å². The van der Waals surface area contributed by atoms with Crippen LogP contribution in [0.15, 0.2) is 42.5 Å². The molecule has 2 amide bonds. The minimum Gasteiger partial charge on any atom is -0.465 e. The minimum absolute atomic E-state index is 0.121. The van der Waals surface area contributed by atoms with Gasteiger partial charge in [-0.2, -0.15) is 0 Å². The van der Waals surface area contributed by atoms with Gasteiger partial charge in [0.05, 0.1) is 17.4 Å². The summed E-state index contributed by atoms with van der Waals surface area (Å²) >= 11 is 0. The monoisotopic (exact) mass is 381 g/mol. The number of amides is 2. The SMILES string of the molecule is O=C1CC2CN(C(=O)O)CCN2c2cc(/C=C/c3cccc(F)c3)ccc2N1. The molecule has 1 fully saturated rings. The number of hydrogen-bond acceptors (Lipinski definition) is 3. The van der Waals surface area contributed by atoms with Crippen molar-refractivity contribution in [1.82, 2.24) is 4.90 Å². The number of rotatable bonds is 2. The second-order valence-electron chi connectivity index (χ2n) is 6.99. The number of hydrogen-bond donors (Lipinski definition) is 2. The number of benzene rings is 2. The molecule has 28 heavy (non-hydrogen) atoms. The van der Waals surface area contributed by atoms with Crippen LogP contribution >= 0.6 is 0 Å². The largest absolute Gasteiger partial charge is 0.465 e. The van der Waals surface area contributed by atoms with Gasteiger partial charge in [-0.3, -0.25) is 4.79 Å². The molecule has 0 spiro atoms. The van der Waals surface area contributed by atoms with Gasteiger partial charge in [0.1, 0.15) is 5.82 Å². The van der Waals surface area contributed by atoms with Crippen LogP contribution in [0, 0.1) is 5.82 Å². The van der Waals surface area contributed by atoms with Gasteiger partial charge in [-0.1, -0.05) is 30.4 Å². The number of carbonyl (C=O) groups is 2. The fraction of sp³-hybridized carbons (Fsp3) is 0.238. The number of carboxylic acid groups (broad SMARTS) is 1. The van der Waals surface area contributed by atoms with Crippen LogP contribution in [0.3, 0.4) is 0 Å². The van der Waals surface area contributed by atoms with Crippen molar-refractivity contribution < 1.29 is 19.1 Å². The molecule has 0 aliphatic carbocycles. The third-order valence-corrected chi connectivity index (χ3v) is 5.10. The number of nitrogens with one attached hydrogen (secondary N) is 1. The molecule has 0 saturated carbocycles. The lowest BCUT2D eigenvalue weighted by Gasteiger charge is -2.40. The smallest absolute Gasteiger partial charge is 0.407 e. The predicted molar refractivity (Wildman–Crippen MR) is 106 cm³/mol. The molecule has 0 radical (unpaired) electrons. The van der Waals surface area contributed by atoms with Crippen LogP contribution in [0.5, 0.6) is 0 Å². The van der Waals surface area contributed by atoms with Gasteiger partial charge in [0.25, 0.3) is 0 Å². The van der Waals surface area contributed by atoms with E-state index < -0.39 is 6.09 Å². The predicted octanol–water partition coefficient (Wildman–Crippen LogP) is 3.51. The number of halogens is 1. The highest BCUT2D eigenvalue weighted by Crippen LogP contribution is 2.34. The van der Waals surface area contributed by atoms with Crippen molar-refractivity contribution in [3.63, 3.8) is 0 Å². The Kier molecular flexibility index (Phi) is 4.73. The number of piperazine rings is 1. The summed E-state index contributed by atoms with van der Waals surface area (Å²) in [4.78, 5) is 27.0. The van der Waals surface area contributed by atoms with Crippen molar-refractivity contribution in [2.45, 2.75) is 12.5 Å². The lowest BCUT2D eigenvalue weighted by Crippen LogP contribution is -2.54. The standard InChI is InChI=1S/C21H20FN3O3/c22-16-3-1-2-14(10-16)4-5-15-6-7-18-19(11-15)25-9-8-24(21(27)28)13-17(25)12-20(26)23-18/h1-7,10-11,17H,8-9,12-13H2,(H,23,26)(H,27,28)/b5-4+. The van der Waals surface area contributed by atoms with E-state index >= 15 is 0 Å². The summed E-state index contributed by atoms with van der Waals surface area (Å²) in [5, 5.41) is 12.2. The Labute approximate surface area is 161 Å². The molecular formula is C21H20FN3O3. The molecule has 1 saturated heterocycles. The first-order valence-electron chi connectivity index (χ1n) is 9.12. The molecule has 2 N–H and O–H groups in total. The summed E-state index contributed by atoms with van der Waals surface area (Å²) in [5.74, 6) is -0.407. The highest BCUT2D eigenvalue weighted by molar-refractivity contribution is 5.97. The molecule has 1 unspecified atom stereocenters. The van der Waals surface area contributed by atoms with Crippen molar-refractivity contribution in [2.75, 3.05) is 29.9 Å². The van der Waals surface area contributed by atoms with E-state index in [0.29, 0.717) is 19.6 Å². The second kappa shape index (κ2) is 7.34. The van der Waals surface area contributed by atoms with E-state index in [4.69, 9.17) is 0 Å². The maximum Gasteiger partial charge on any atom is 0.407 e. The second-order valence-corrected chi connectivity index (χ2v) is 6.99. The molecule has 2 aliphatic heterocycles. The van der Waals surface area contributed by atoms with Gasteiger partial charge in [-0.05, 0) is 35.4 Å². The third-order valence-electron chi connectivity index (χ3n) is 5.10. The maximum atomic E-state index is 13.3. The highest BCUT2D eigenvalue weighted by Gasteiger charge is 2.34. The highest BCUT2D eigenvalue weighted by atomic mass is 19.1. The van der Waals surface area contributed by atoms with Gasteiger partial charge < -0.3 is 20.2 Å². The van der Waals surface area contributed by atoms with Crippen molar-refractivity contribution >= 4 is 35.5 Å². The molecule has 0 bridgehead atoms. The third kappa shape index (κ3) is 3.69. The Morgan fingerprint density at radius 3 is 2.68 bits per heavy atom. The normalized spacial score (nSPS) is 19.0. The first kappa shape index (κ1) is 18.0. The number of carbonyl (C=O) groups excluding carboxylic acids is 1. The first-order valence-corrected chi connectivity index (χ1v) is 9.12. The van der Waals surface area contributed by atoms with Crippen molar-refractivity contribution in [3.05, 3.63) is 59.4 Å². The number of fused-ring (bicyclic) bond motifs is 3. The quantitative estimate of drug-likeness (QED) is 0.781. The van der Waals surface area contributed by atoms with E-state index in [1.807, 2.05) is 36.4 Å². The van der Waals surface area contributed by atoms with E-state index in [1.165, 1.54) is 17.0 Å². The molecule has 4 rings (SSSR count). The zero-order valence-electron chi connectivity index (χ0n) is 15.1. The summed E-state index contributed by atoms with van der Waals surface area (Å²) in [7, 11) is 0.